The number of unbranched alkanes of at least 4 members (excludes halogenated alkanes) is 2. The zero-order chi connectivity index (χ0) is 27.4. The van der Waals surface area contributed by atoms with Crippen molar-refractivity contribution in [3.8, 4) is 28.5 Å². The zero-order valence-electron chi connectivity index (χ0n) is 22.1. The maximum absolute atomic E-state index is 13.6. The summed E-state index contributed by atoms with van der Waals surface area (Å²) in [5.74, 6) is 1.17. The Hall–Kier alpha value is -3.97. The van der Waals surface area contributed by atoms with Gasteiger partial charge >= 0.3 is 0 Å². The summed E-state index contributed by atoms with van der Waals surface area (Å²) in [4.78, 5) is 15.5. The summed E-state index contributed by atoms with van der Waals surface area (Å²) in [5, 5.41) is 18.5. The molecule has 0 saturated heterocycles. The quantitative estimate of drug-likeness (QED) is 0.195. The molecule has 7 nitrogen and oxygen atoms in total. The Morgan fingerprint density at radius 1 is 1.00 bits per heavy atom. The number of aromatic amines is 1. The number of rotatable bonds is 11. The van der Waals surface area contributed by atoms with Crippen LogP contribution in [0.2, 0.25) is 5.02 Å². The molecule has 2 N–H and O–H groups in total. The number of fused-ring (bicyclic) bond motifs is 1. The van der Waals surface area contributed by atoms with E-state index in [0.29, 0.717) is 53.2 Å². The van der Waals surface area contributed by atoms with Crippen molar-refractivity contribution >= 4 is 17.5 Å². The van der Waals surface area contributed by atoms with Gasteiger partial charge in [0.1, 0.15) is 23.7 Å². The zero-order valence-corrected chi connectivity index (χ0v) is 22.9. The second kappa shape index (κ2) is 11.8. The Bertz CT molecular complexity index is 1450. The summed E-state index contributed by atoms with van der Waals surface area (Å²) in [6.45, 7) is 5.54. The molecule has 1 amide bonds. The first-order valence-corrected chi connectivity index (χ1v) is 13.7. The van der Waals surface area contributed by atoms with Gasteiger partial charge in [0.05, 0.1) is 12.6 Å². The number of aromatic nitrogens is 2. The Balaban J connectivity index is 1.56. The minimum absolute atomic E-state index is 0.0454. The highest BCUT2D eigenvalue weighted by Gasteiger charge is 2.42. The number of carbonyl (C=O) groups is 1. The van der Waals surface area contributed by atoms with Crippen LogP contribution >= 0.6 is 11.6 Å². The average molecular weight is 546 g/mol. The first-order chi connectivity index (χ1) is 19.0. The van der Waals surface area contributed by atoms with Crippen molar-refractivity contribution in [3.05, 3.63) is 94.1 Å². The van der Waals surface area contributed by atoms with Crippen molar-refractivity contribution in [2.75, 3.05) is 13.2 Å². The molecule has 1 unspecified atom stereocenters. The molecule has 202 valence electrons. The highest BCUT2D eigenvalue weighted by Crippen LogP contribution is 2.46. The van der Waals surface area contributed by atoms with Crippen molar-refractivity contribution in [1.82, 2.24) is 15.1 Å². The molecule has 1 aromatic heterocycles. The van der Waals surface area contributed by atoms with E-state index < -0.39 is 6.04 Å². The van der Waals surface area contributed by atoms with Crippen molar-refractivity contribution in [3.63, 3.8) is 0 Å². The lowest BCUT2D eigenvalue weighted by Gasteiger charge is -2.27. The SMILES string of the molecule is CCCCCN1C(=O)c2[nH]nc(-c3cc(Cl)ccc3O)c2C1c1ccc(OCc2ccccc2)c(OCC)c1. The maximum atomic E-state index is 13.6. The standard InChI is InChI=1S/C31H32ClN3O4/c1-3-5-9-16-35-30(27-28(33-34-29(27)31(35)37)23-18-22(32)13-14-24(23)36)21-12-15-25(26(17-21)38-4-2)39-19-20-10-7-6-8-11-20/h6-8,10-15,17-18,30,36H,3-5,9,16,19H2,1-2H3,(H,33,34). The molecule has 3 aromatic carbocycles. The van der Waals surface area contributed by atoms with Crippen LogP contribution in [0.1, 0.15) is 66.3 Å². The van der Waals surface area contributed by atoms with Gasteiger partial charge in [0.15, 0.2) is 11.5 Å². The van der Waals surface area contributed by atoms with Crippen molar-refractivity contribution in [1.29, 1.82) is 0 Å². The second-order valence-corrected chi connectivity index (χ2v) is 9.98. The minimum Gasteiger partial charge on any atom is -0.507 e. The van der Waals surface area contributed by atoms with Crippen LogP contribution in [0.25, 0.3) is 11.3 Å². The highest BCUT2D eigenvalue weighted by atomic mass is 35.5. The molecule has 1 aliphatic heterocycles. The topological polar surface area (TPSA) is 87.7 Å². The lowest BCUT2D eigenvalue weighted by Crippen LogP contribution is -2.30. The number of benzene rings is 3. The number of ether oxygens (including phenoxy) is 2. The Kier molecular flexibility index (Phi) is 8.07. The van der Waals surface area contributed by atoms with Gasteiger partial charge in [-0.15, -0.1) is 0 Å². The molecular formula is C31H32ClN3O4. The highest BCUT2D eigenvalue weighted by molar-refractivity contribution is 6.31. The predicted octanol–water partition coefficient (Wildman–Crippen LogP) is 7.15. The summed E-state index contributed by atoms with van der Waals surface area (Å²) in [5.41, 5.74) is 4.05. The van der Waals surface area contributed by atoms with Crippen LogP contribution in [-0.4, -0.2) is 39.3 Å². The van der Waals surface area contributed by atoms with Crippen LogP contribution in [-0.2, 0) is 6.61 Å². The van der Waals surface area contributed by atoms with Crippen LogP contribution in [0.3, 0.4) is 0 Å². The van der Waals surface area contributed by atoms with Gasteiger partial charge in [0, 0.05) is 22.7 Å². The fourth-order valence-corrected chi connectivity index (χ4v) is 5.20. The van der Waals surface area contributed by atoms with E-state index in [-0.39, 0.29) is 11.7 Å². The molecule has 2 heterocycles. The van der Waals surface area contributed by atoms with E-state index in [1.54, 1.807) is 12.1 Å². The summed E-state index contributed by atoms with van der Waals surface area (Å²) in [6.07, 6.45) is 2.94. The van der Waals surface area contributed by atoms with Gasteiger partial charge in [-0.05, 0) is 54.8 Å². The molecule has 0 bridgehead atoms. The van der Waals surface area contributed by atoms with Crippen LogP contribution in [0.4, 0.5) is 0 Å². The van der Waals surface area contributed by atoms with Gasteiger partial charge in [-0.3, -0.25) is 9.89 Å². The molecule has 1 aliphatic rings. The number of hydrogen-bond acceptors (Lipinski definition) is 5. The molecule has 8 heteroatoms. The first-order valence-electron chi connectivity index (χ1n) is 13.3. The molecule has 0 radical (unpaired) electrons. The van der Waals surface area contributed by atoms with Crippen LogP contribution < -0.4 is 9.47 Å². The fraction of sp³-hybridized carbons (Fsp3) is 0.290. The van der Waals surface area contributed by atoms with Crippen LogP contribution in [0.15, 0.2) is 66.7 Å². The number of aromatic hydroxyl groups is 1. The summed E-state index contributed by atoms with van der Waals surface area (Å²) in [7, 11) is 0. The largest absolute Gasteiger partial charge is 0.507 e. The molecule has 0 spiro atoms. The van der Waals surface area contributed by atoms with Gasteiger partial charge in [-0.1, -0.05) is 67.8 Å². The van der Waals surface area contributed by atoms with Gasteiger partial charge in [0.2, 0.25) is 0 Å². The summed E-state index contributed by atoms with van der Waals surface area (Å²) in [6, 6.07) is 20.2. The van der Waals surface area contributed by atoms with Gasteiger partial charge < -0.3 is 19.5 Å². The van der Waals surface area contributed by atoms with E-state index in [9.17, 15) is 9.90 Å². The number of H-pyrrole nitrogens is 1. The molecule has 5 rings (SSSR count). The third-order valence-corrected chi connectivity index (χ3v) is 7.14. The van der Waals surface area contributed by atoms with E-state index in [4.69, 9.17) is 21.1 Å². The normalized spacial score (nSPS) is 14.5. The summed E-state index contributed by atoms with van der Waals surface area (Å²) < 4.78 is 12.1. The third kappa shape index (κ3) is 5.45. The fourth-order valence-electron chi connectivity index (χ4n) is 5.03. The number of phenolic OH excluding ortho intramolecular Hbond substituents is 1. The van der Waals surface area contributed by atoms with Crippen LogP contribution in [0, 0.1) is 0 Å². The lowest BCUT2D eigenvalue weighted by molar-refractivity contribution is 0.0740. The molecular weight excluding hydrogens is 514 g/mol. The lowest BCUT2D eigenvalue weighted by atomic mass is 9.95. The van der Waals surface area contributed by atoms with Gasteiger partial charge in [0.25, 0.3) is 5.91 Å². The van der Waals surface area contributed by atoms with E-state index in [1.807, 2.05) is 60.4 Å². The maximum Gasteiger partial charge on any atom is 0.273 e. The van der Waals surface area contributed by atoms with E-state index in [2.05, 4.69) is 17.1 Å². The van der Waals surface area contributed by atoms with Gasteiger partial charge in [-0.25, -0.2) is 0 Å². The van der Waals surface area contributed by atoms with Gasteiger partial charge in [-0.2, -0.15) is 5.10 Å². The second-order valence-electron chi connectivity index (χ2n) is 9.54. The molecule has 4 aromatic rings. The number of nitrogens with one attached hydrogen (secondary N) is 1. The predicted molar refractivity (Wildman–Crippen MR) is 151 cm³/mol. The number of nitrogens with zero attached hydrogens (tertiary/aromatic N) is 2. The van der Waals surface area contributed by atoms with E-state index in [1.165, 1.54) is 6.07 Å². The number of hydrogen-bond donors (Lipinski definition) is 2. The number of halogens is 1. The Morgan fingerprint density at radius 2 is 1.82 bits per heavy atom. The van der Waals surface area contributed by atoms with Crippen molar-refractivity contribution in [2.45, 2.75) is 45.8 Å². The number of carbonyl (C=O) groups excluding carboxylic acids is 1. The summed E-state index contributed by atoms with van der Waals surface area (Å²) >= 11 is 6.27. The molecule has 0 saturated carbocycles. The Labute approximate surface area is 233 Å². The molecule has 0 aliphatic carbocycles. The van der Waals surface area contributed by atoms with E-state index >= 15 is 0 Å². The third-order valence-electron chi connectivity index (χ3n) is 6.90. The monoisotopic (exact) mass is 545 g/mol. The van der Waals surface area contributed by atoms with E-state index in [0.717, 1.165) is 36.0 Å². The molecule has 39 heavy (non-hydrogen) atoms. The number of amides is 1. The van der Waals surface area contributed by atoms with Crippen molar-refractivity contribution in [2.24, 2.45) is 0 Å². The first kappa shape index (κ1) is 26.6. The smallest absolute Gasteiger partial charge is 0.273 e. The molecule has 1 atom stereocenters. The number of phenols is 1. The molecule has 0 fully saturated rings. The van der Waals surface area contributed by atoms with Crippen LogP contribution in [0.5, 0.6) is 17.2 Å². The minimum atomic E-state index is -0.418. The average Bonchev–Trinajstić information content (AvgIpc) is 3.49. The Morgan fingerprint density at radius 3 is 2.59 bits per heavy atom. The van der Waals surface area contributed by atoms with Crippen molar-refractivity contribution < 1.29 is 19.4 Å².